The maximum atomic E-state index is 13.0. The Kier molecular flexibility index (Phi) is 4.05. The molecule has 1 fully saturated rings. The van der Waals surface area contributed by atoms with Gasteiger partial charge < -0.3 is 9.64 Å². The molecule has 0 bridgehead atoms. The number of likely N-dealkylation sites (tertiary alicyclic amines) is 1. The molecule has 1 saturated heterocycles. The first kappa shape index (κ1) is 14.9. The number of aryl methyl sites for hydroxylation is 1. The number of carbonyl (C=O) groups excluding carboxylic acids is 1. The predicted octanol–water partition coefficient (Wildman–Crippen LogP) is 3.06. The largest absolute Gasteiger partial charge is 0.490 e. The summed E-state index contributed by atoms with van der Waals surface area (Å²) in [5, 5.41) is 0. The Morgan fingerprint density at radius 2 is 2.27 bits per heavy atom. The summed E-state index contributed by atoms with van der Waals surface area (Å²) in [5.41, 5.74) is 2.13. The fraction of sp³-hybridized carbons (Fsp3) is 0.529. The molecule has 5 nitrogen and oxygen atoms in total. The van der Waals surface area contributed by atoms with Gasteiger partial charge in [0.15, 0.2) is 11.4 Å². The molecule has 0 spiro atoms. The van der Waals surface area contributed by atoms with Gasteiger partial charge >= 0.3 is 0 Å². The van der Waals surface area contributed by atoms with Crippen molar-refractivity contribution in [1.29, 1.82) is 0 Å². The third-order valence-electron chi connectivity index (χ3n) is 4.35. The van der Waals surface area contributed by atoms with Crippen LogP contribution in [-0.4, -0.2) is 39.4 Å². The van der Waals surface area contributed by atoms with Crippen LogP contribution in [0.3, 0.4) is 0 Å². The number of ether oxygens (including phenoxy) is 1. The molecule has 0 aliphatic carbocycles. The van der Waals surface area contributed by atoms with Crippen molar-refractivity contribution < 1.29 is 9.53 Å². The summed E-state index contributed by atoms with van der Waals surface area (Å²) in [6.45, 7) is 7.38. The van der Waals surface area contributed by atoms with E-state index in [2.05, 4.69) is 11.9 Å². The van der Waals surface area contributed by atoms with Crippen molar-refractivity contribution in [3.63, 3.8) is 0 Å². The lowest BCUT2D eigenvalue weighted by Gasteiger charge is -2.33. The molecular formula is C17H23N3O2. The normalized spacial score (nSPS) is 18.7. The quantitative estimate of drug-likeness (QED) is 0.875. The summed E-state index contributed by atoms with van der Waals surface area (Å²) in [6, 6.07) is 4.08. The van der Waals surface area contributed by atoms with Gasteiger partial charge in [-0.25, -0.2) is 4.98 Å². The van der Waals surface area contributed by atoms with E-state index in [1.54, 1.807) is 0 Å². The minimum Gasteiger partial charge on any atom is -0.490 e. The molecule has 0 saturated carbocycles. The number of carbonyl (C=O) groups is 1. The highest BCUT2D eigenvalue weighted by molar-refractivity contribution is 5.95. The molecule has 3 heterocycles. The fourth-order valence-electron chi connectivity index (χ4n) is 3.22. The molecule has 22 heavy (non-hydrogen) atoms. The number of hydrogen-bond acceptors (Lipinski definition) is 3. The number of pyridine rings is 1. The predicted molar refractivity (Wildman–Crippen MR) is 85.4 cm³/mol. The van der Waals surface area contributed by atoms with Gasteiger partial charge in [-0.2, -0.15) is 0 Å². The summed E-state index contributed by atoms with van der Waals surface area (Å²) in [5.74, 6) is 0.796. The van der Waals surface area contributed by atoms with Crippen LogP contribution in [0.15, 0.2) is 18.3 Å². The zero-order valence-electron chi connectivity index (χ0n) is 13.5. The number of nitrogens with zero attached hydrogens (tertiary/aromatic N) is 3. The average molecular weight is 301 g/mol. The van der Waals surface area contributed by atoms with Crippen LogP contribution in [0.4, 0.5) is 0 Å². The van der Waals surface area contributed by atoms with Gasteiger partial charge in [0.25, 0.3) is 5.91 Å². The first-order valence-corrected chi connectivity index (χ1v) is 8.05. The Hall–Kier alpha value is -2.04. The van der Waals surface area contributed by atoms with Gasteiger partial charge in [-0.15, -0.1) is 0 Å². The molecule has 1 aliphatic rings. The van der Waals surface area contributed by atoms with E-state index in [0.717, 1.165) is 36.5 Å². The van der Waals surface area contributed by atoms with E-state index in [0.29, 0.717) is 18.3 Å². The molecule has 0 N–H and O–H groups in total. The van der Waals surface area contributed by atoms with Crippen LogP contribution in [0, 0.1) is 6.92 Å². The highest BCUT2D eigenvalue weighted by Gasteiger charge is 2.28. The van der Waals surface area contributed by atoms with Gasteiger partial charge in [0.1, 0.15) is 5.69 Å². The maximum Gasteiger partial charge on any atom is 0.273 e. The molecule has 3 rings (SSSR count). The van der Waals surface area contributed by atoms with Crippen molar-refractivity contribution >= 4 is 11.6 Å². The van der Waals surface area contributed by atoms with Crippen LogP contribution in [0.2, 0.25) is 0 Å². The van der Waals surface area contributed by atoms with Crippen molar-refractivity contribution in [3.8, 4) is 5.75 Å². The molecule has 1 unspecified atom stereocenters. The first-order valence-electron chi connectivity index (χ1n) is 8.05. The van der Waals surface area contributed by atoms with Crippen molar-refractivity contribution in [2.75, 3.05) is 13.2 Å². The number of hydrogen-bond donors (Lipinski definition) is 0. The second-order valence-corrected chi connectivity index (χ2v) is 5.89. The lowest BCUT2D eigenvalue weighted by Crippen LogP contribution is -2.42. The summed E-state index contributed by atoms with van der Waals surface area (Å²) < 4.78 is 7.49. The second-order valence-electron chi connectivity index (χ2n) is 5.89. The van der Waals surface area contributed by atoms with E-state index >= 15 is 0 Å². The highest BCUT2D eigenvalue weighted by atomic mass is 16.5. The third-order valence-corrected chi connectivity index (χ3v) is 4.35. The molecule has 2 aromatic heterocycles. The van der Waals surface area contributed by atoms with Crippen molar-refractivity contribution in [3.05, 3.63) is 29.7 Å². The topological polar surface area (TPSA) is 46.8 Å². The van der Waals surface area contributed by atoms with Gasteiger partial charge in [-0.3, -0.25) is 9.20 Å². The summed E-state index contributed by atoms with van der Waals surface area (Å²) in [7, 11) is 0. The van der Waals surface area contributed by atoms with Crippen LogP contribution in [0.5, 0.6) is 5.75 Å². The Morgan fingerprint density at radius 3 is 3.00 bits per heavy atom. The number of fused-ring (bicyclic) bond motifs is 1. The smallest absolute Gasteiger partial charge is 0.273 e. The van der Waals surface area contributed by atoms with E-state index in [1.165, 1.54) is 6.42 Å². The van der Waals surface area contributed by atoms with Gasteiger partial charge in [0.2, 0.25) is 0 Å². The monoisotopic (exact) mass is 301 g/mol. The van der Waals surface area contributed by atoms with Crippen LogP contribution >= 0.6 is 0 Å². The Balaban J connectivity index is 2.05. The molecule has 5 heteroatoms. The molecule has 118 valence electrons. The van der Waals surface area contributed by atoms with Gasteiger partial charge in [-0.1, -0.05) is 0 Å². The summed E-state index contributed by atoms with van der Waals surface area (Å²) >= 11 is 0. The number of rotatable bonds is 3. The van der Waals surface area contributed by atoms with Gasteiger partial charge in [-0.05, 0) is 52.2 Å². The van der Waals surface area contributed by atoms with Crippen LogP contribution in [0.25, 0.3) is 5.65 Å². The number of aromatic nitrogens is 2. The minimum absolute atomic E-state index is 0.0749. The number of amides is 1. The Labute approximate surface area is 130 Å². The lowest BCUT2D eigenvalue weighted by molar-refractivity contribution is 0.0627. The Bertz CT molecular complexity index is 693. The summed E-state index contributed by atoms with van der Waals surface area (Å²) in [6.07, 6.45) is 5.24. The molecular weight excluding hydrogens is 278 g/mol. The van der Waals surface area contributed by atoms with E-state index in [4.69, 9.17) is 4.74 Å². The van der Waals surface area contributed by atoms with Crippen LogP contribution < -0.4 is 4.74 Å². The zero-order chi connectivity index (χ0) is 15.7. The fourth-order valence-corrected chi connectivity index (χ4v) is 3.22. The van der Waals surface area contributed by atoms with E-state index < -0.39 is 0 Å². The molecule has 2 aromatic rings. The Morgan fingerprint density at radius 1 is 1.45 bits per heavy atom. The van der Waals surface area contributed by atoms with Crippen LogP contribution in [-0.2, 0) is 0 Å². The van der Waals surface area contributed by atoms with Crippen molar-refractivity contribution in [1.82, 2.24) is 14.3 Å². The molecule has 0 radical (unpaired) electrons. The van der Waals surface area contributed by atoms with Gasteiger partial charge in [0, 0.05) is 18.8 Å². The van der Waals surface area contributed by atoms with Crippen molar-refractivity contribution in [2.45, 2.75) is 46.1 Å². The number of piperidine rings is 1. The SMILES string of the molecule is CCOc1cccn2c(C(=O)N3CCCCC3C)c(C)nc12. The van der Waals surface area contributed by atoms with Gasteiger partial charge in [0.05, 0.1) is 12.3 Å². The standard InChI is InChI=1S/C17H23N3O2/c1-4-22-14-9-7-11-20-15(13(3)18-16(14)20)17(21)19-10-6-5-8-12(19)2/h7,9,11-12H,4-6,8,10H2,1-3H3. The van der Waals surface area contributed by atoms with E-state index in [1.807, 2.05) is 41.5 Å². The second kappa shape index (κ2) is 5.99. The van der Waals surface area contributed by atoms with E-state index in [-0.39, 0.29) is 5.91 Å². The molecule has 1 aliphatic heterocycles. The third kappa shape index (κ3) is 2.45. The van der Waals surface area contributed by atoms with Crippen molar-refractivity contribution in [2.24, 2.45) is 0 Å². The van der Waals surface area contributed by atoms with E-state index in [9.17, 15) is 4.79 Å². The summed E-state index contributed by atoms with van der Waals surface area (Å²) in [4.78, 5) is 19.5. The zero-order valence-corrected chi connectivity index (χ0v) is 13.5. The molecule has 0 aromatic carbocycles. The average Bonchev–Trinajstić information content (AvgIpc) is 2.84. The lowest BCUT2D eigenvalue weighted by atomic mass is 10.0. The molecule has 1 atom stereocenters. The maximum absolute atomic E-state index is 13.0. The minimum atomic E-state index is 0.0749. The first-order chi connectivity index (χ1) is 10.6. The number of imidazole rings is 1. The molecule has 1 amide bonds. The van der Waals surface area contributed by atoms with Crippen LogP contribution in [0.1, 0.15) is 49.3 Å². The highest BCUT2D eigenvalue weighted by Crippen LogP contribution is 2.25.